The van der Waals surface area contributed by atoms with Crippen LogP contribution < -0.4 is 5.32 Å². The smallest absolute Gasteiger partial charge is 0.124 e. The van der Waals surface area contributed by atoms with Crippen molar-refractivity contribution in [2.45, 2.75) is 37.3 Å². The zero-order valence-electron chi connectivity index (χ0n) is 16.3. The van der Waals surface area contributed by atoms with Crippen molar-refractivity contribution >= 4 is 20.6 Å². The number of fused-ring (bicyclic) bond motifs is 1. The van der Waals surface area contributed by atoms with Gasteiger partial charge in [-0.1, -0.05) is 0 Å². The summed E-state index contributed by atoms with van der Waals surface area (Å²) >= 11 is 0. The molecule has 1 atom stereocenters. The molecule has 0 spiro atoms. The second-order valence-electron chi connectivity index (χ2n) is 7.86. The molecule has 0 bridgehead atoms. The van der Waals surface area contributed by atoms with Gasteiger partial charge in [0.2, 0.25) is 0 Å². The van der Waals surface area contributed by atoms with E-state index in [-0.39, 0.29) is 4.90 Å². The monoisotopic (exact) mass is 400 g/mol. The summed E-state index contributed by atoms with van der Waals surface area (Å²) in [5.74, 6) is 0.112. The average molecular weight is 401 g/mol. The number of rotatable bonds is 5. The highest BCUT2D eigenvalue weighted by atomic mass is 32.2. The van der Waals surface area contributed by atoms with Crippen LogP contribution in [0, 0.1) is 23.4 Å². The lowest BCUT2D eigenvalue weighted by molar-refractivity contribution is 0.347. The Kier molecular flexibility index (Phi) is 4.75. The first-order valence-corrected chi connectivity index (χ1v) is 11.1. The fourth-order valence-corrected chi connectivity index (χ4v) is 5.06. The number of aromatic nitrogens is 2. The Balaban J connectivity index is 1.97. The molecule has 0 amide bonds. The summed E-state index contributed by atoms with van der Waals surface area (Å²) in [6, 6.07) is 4.23. The lowest BCUT2D eigenvalue weighted by Gasteiger charge is -2.26. The van der Waals surface area contributed by atoms with Crippen LogP contribution >= 0.6 is 0 Å². The van der Waals surface area contributed by atoms with Crippen molar-refractivity contribution in [2.24, 2.45) is 5.92 Å². The molecule has 5 nitrogen and oxygen atoms in total. The molecular weight excluding hydrogens is 375 g/mol. The second kappa shape index (κ2) is 6.97. The molecule has 1 fully saturated rings. The van der Waals surface area contributed by atoms with Crippen molar-refractivity contribution in [3.05, 3.63) is 53.7 Å². The van der Waals surface area contributed by atoms with Crippen LogP contribution in [-0.2, 0) is 16.1 Å². The third-order valence-corrected chi connectivity index (χ3v) is 7.84. The van der Waals surface area contributed by atoms with Gasteiger partial charge in [-0.05, 0) is 75.5 Å². The van der Waals surface area contributed by atoms with E-state index in [9.17, 15) is 8.60 Å². The van der Waals surface area contributed by atoms with Gasteiger partial charge in [-0.2, -0.15) is 0 Å². The summed E-state index contributed by atoms with van der Waals surface area (Å²) < 4.78 is 37.5. The first-order chi connectivity index (χ1) is 13.3. The first kappa shape index (κ1) is 19.1. The van der Waals surface area contributed by atoms with Crippen LogP contribution in [0.4, 0.5) is 4.39 Å². The number of benzene rings is 1. The fraction of sp³-hybridized carbons (Fsp3) is 0.381. The number of halogens is 1. The van der Waals surface area contributed by atoms with Gasteiger partial charge < -0.3 is 9.88 Å². The molecule has 1 unspecified atom stereocenters. The van der Waals surface area contributed by atoms with E-state index in [4.69, 9.17) is 4.78 Å². The summed E-state index contributed by atoms with van der Waals surface area (Å²) in [6.07, 6.45) is 6.63. The first-order valence-electron chi connectivity index (χ1n) is 9.52. The van der Waals surface area contributed by atoms with E-state index in [0.29, 0.717) is 11.6 Å². The van der Waals surface area contributed by atoms with Crippen molar-refractivity contribution in [3.63, 3.8) is 0 Å². The van der Waals surface area contributed by atoms with Crippen LogP contribution in [0.3, 0.4) is 0 Å². The Morgan fingerprint density at radius 3 is 2.75 bits per heavy atom. The molecule has 7 heteroatoms. The third-order valence-electron chi connectivity index (χ3n) is 5.53. The SMILES string of the molecule is Cc1cncc2c1c(CC1CNC1)cn2-c1ccc(F)cc1S(=N)(=O)C(C)C. The van der Waals surface area contributed by atoms with Crippen LogP contribution in [0.15, 0.2) is 41.7 Å². The van der Waals surface area contributed by atoms with Gasteiger partial charge in [0, 0.05) is 23.0 Å². The Morgan fingerprint density at radius 2 is 2.11 bits per heavy atom. The number of hydrogen-bond donors (Lipinski definition) is 2. The van der Waals surface area contributed by atoms with Crippen molar-refractivity contribution in [1.29, 1.82) is 4.78 Å². The summed E-state index contributed by atoms with van der Waals surface area (Å²) in [5, 5.41) is 4.02. The molecule has 28 heavy (non-hydrogen) atoms. The normalized spacial score (nSPS) is 17.0. The summed E-state index contributed by atoms with van der Waals surface area (Å²) in [4.78, 5) is 4.58. The maximum absolute atomic E-state index is 14.0. The van der Waals surface area contributed by atoms with Crippen molar-refractivity contribution < 1.29 is 8.60 Å². The second-order valence-corrected chi connectivity index (χ2v) is 10.4. The molecule has 0 aliphatic carbocycles. The van der Waals surface area contributed by atoms with Gasteiger partial charge >= 0.3 is 0 Å². The molecule has 4 rings (SSSR count). The van der Waals surface area contributed by atoms with E-state index in [1.807, 2.05) is 23.9 Å². The molecule has 3 aromatic rings. The molecule has 0 radical (unpaired) electrons. The molecule has 1 aliphatic heterocycles. The van der Waals surface area contributed by atoms with Crippen molar-refractivity contribution in [2.75, 3.05) is 13.1 Å². The van der Waals surface area contributed by atoms with Crippen LogP contribution in [0.5, 0.6) is 0 Å². The van der Waals surface area contributed by atoms with Gasteiger partial charge in [0.1, 0.15) is 5.82 Å². The van der Waals surface area contributed by atoms with Gasteiger partial charge in [0.15, 0.2) is 0 Å². The largest absolute Gasteiger partial charge is 0.316 e. The molecular formula is C21H25FN4OS. The molecule has 1 saturated heterocycles. The number of nitrogens with one attached hydrogen (secondary N) is 2. The Morgan fingerprint density at radius 1 is 1.36 bits per heavy atom. The minimum Gasteiger partial charge on any atom is -0.316 e. The minimum absolute atomic E-state index is 0.234. The van der Waals surface area contributed by atoms with Gasteiger partial charge in [-0.3, -0.25) is 4.98 Å². The predicted molar refractivity (Wildman–Crippen MR) is 110 cm³/mol. The molecule has 2 N–H and O–H groups in total. The van der Waals surface area contributed by atoms with Gasteiger partial charge in [0.05, 0.1) is 32.0 Å². The summed E-state index contributed by atoms with van der Waals surface area (Å²) in [6.45, 7) is 7.52. The van der Waals surface area contributed by atoms with Crippen molar-refractivity contribution in [1.82, 2.24) is 14.9 Å². The Labute approximate surface area is 165 Å². The van der Waals surface area contributed by atoms with Gasteiger partial charge in [-0.25, -0.2) is 13.4 Å². The third kappa shape index (κ3) is 3.12. The molecule has 3 heterocycles. The summed E-state index contributed by atoms with van der Waals surface area (Å²) in [7, 11) is -3.16. The lowest BCUT2D eigenvalue weighted by atomic mass is 9.93. The molecule has 1 aromatic carbocycles. The van der Waals surface area contributed by atoms with E-state index in [1.165, 1.54) is 17.7 Å². The van der Waals surface area contributed by atoms with E-state index in [0.717, 1.165) is 36.0 Å². The minimum atomic E-state index is -3.16. The predicted octanol–water partition coefficient (Wildman–Crippen LogP) is 4.05. The fourth-order valence-electron chi connectivity index (χ4n) is 3.78. The quantitative estimate of drug-likeness (QED) is 0.679. The number of hydrogen-bond acceptors (Lipinski definition) is 4. The van der Waals surface area contributed by atoms with Crippen LogP contribution in [0.25, 0.3) is 16.6 Å². The number of aryl methyl sites for hydroxylation is 1. The van der Waals surface area contributed by atoms with E-state index in [1.54, 1.807) is 26.1 Å². The Hall–Kier alpha value is -2.25. The Bertz CT molecular complexity index is 1150. The maximum Gasteiger partial charge on any atom is 0.124 e. The van der Waals surface area contributed by atoms with Crippen molar-refractivity contribution in [3.8, 4) is 5.69 Å². The molecule has 0 saturated carbocycles. The molecule has 148 valence electrons. The van der Waals surface area contributed by atoms with Crippen LogP contribution in [0.2, 0.25) is 0 Å². The highest BCUT2D eigenvalue weighted by Gasteiger charge is 2.24. The van der Waals surface area contributed by atoms with Crippen LogP contribution in [-0.4, -0.2) is 32.1 Å². The van der Waals surface area contributed by atoms with Gasteiger partial charge in [0.25, 0.3) is 0 Å². The highest BCUT2D eigenvalue weighted by Crippen LogP contribution is 2.33. The maximum atomic E-state index is 14.0. The standard InChI is InChI=1S/C21H25FN4OS/c1-13(2)28(23,27)20-7-17(22)4-5-18(20)26-12-16(6-15-9-25-10-15)21-14(3)8-24-11-19(21)26/h4-5,7-8,11-13,15,23,25H,6,9-10H2,1-3H3. The summed E-state index contributed by atoms with van der Waals surface area (Å²) in [5.41, 5.74) is 3.77. The molecule has 1 aliphatic rings. The van der Waals surface area contributed by atoms with E-state index >= 15 is 0 Å². The zero-order chi connectivity index (χ0) is 20.1. The van der Waals surface area contributed by atoms with E-state index in [2.05, 4.69) is 10.3 Å². The lowest BCUT2D eigenvalue weighted by Crippen LogP contribution is -2.43. The number of nitrogens with zero attached hydrogens (tertiary/aromatic N) is 2. The van der Waals surface area contributed by atoms with E-state index < -0.39 is 20.8 Å². The van der Waals surface area contributed by atoms with Gasteiger partial charge in [-0.15, -0.1) is 0 Å². The van der Waals surface area contributed by atoms with Crippen LogP contribution in [0.1, 0.15) is 25.0 Å². The molecule has 2 aromatic heterocycles. The highest BCUT2D eigenvalue weighted by molar-refractivity contribution is 7.93. The number of pyridine rings is 1. The topological polar surface area (TPSA) is 70.8 Å². The zero-order valence-corrected chi connectivity index (χ0v) is 17.1. The average Bonchev–Trinajstić information content (AvgIpc) is 2.98.